The molecule has 0 radical (unpaired) electrons. The summed E-state index contributed by atoms with van der Waals surface area (Å²) in [7, 11) is 0. The minimum atomic E-state index is -1.83. The highest BCUT2D eigenvalue weighted by molar-refractivity contribution is 5.83. The lowest BCUT2D eigenvalue weighted by Crippen LogP contribution is -2.46. The van der Waals surface area contributed by atoms with Crippen LogP contribution in [-0.4, -0.2) is 28.3 Å². The molecule has 0 aromatic heterocycles. The van der Waals surface area contributed by atoms with Crippen molar-refractivity contribution in [3.8, 4) is 0 Å². The summed E-state index contributed by atoms with van der Waals surface area (Å²) in [6.45, 7) is 2.62. The number of aliphatic hydroxyl groups excluding tert-OH is 1. The van der Waals surface area contributed by atoms with Crippen molar-refractivity contribution in [3.05, 3.63) is 12.7 Å². The van der Waals surface area contributed by atoms with Gasteiger partial charge in [-0.2, -0.15) is 0 Å². The molecule has 0 aliphatic rings. The Bertz CT molecular complexity index is 146. The first-order valence-corrected chi connectivity index (χ1v) is 2.81. The SMILES string of the molecule is C=CCC(O)(CO)C(N)=O. The van der Waals surface area contributed by atoms with Gasteiger partial charge in [-0.1, -0.05) is 6.08 Å². The zero-order valence-corrected chi connectivity index (χ0v) is 5.58. The Labute approximate surface area is 59.0 Å². The van der Waals surface area contributed by atoms with Crippen molar-refractivity contribution >= 4 is 5.91 Å². The van der Waals surface area contributed by atoms with E-state index in [-0.39, 0.29) is 6.42 Å². The third kappa shape index (κ3) is 1.82. The fourth-order valence-corrected chi connectivity index (χ4v) is 0.482. The first-order valence-electron chi connectivity index (χ1n) is 2.81. The average molecular weight is 145 g/mol. The number of nitrogens with two attached hydrogens (primary N) is 1. The second-order valence-electron chi connectivity index (χ2n) is 2.05. The van der Waals surface area contributed by atoms with Gasteiger partial charge < -0.3 is 15.9 Å². The number of carbonyl (C=O) groups excluding carboxylic acids is 1. The summed E-state index contributed by atoms with van der Waals surface area (Å²) in [5.74, 6) is -0.935. The summed E-state index contributed by atoms with van der Waals surface area (Å²) in [6.07, 6.45) is 1.29. The number of aliphatic hydroxyl groups is 2. The molecule has 1 atom stereocenters. The van der Waals surface area contributed by atoms with Gasteiger partial charge in [0.2, 0.25) is 0 Å². The fourth-order valence-electron chi connectivity index (χ4n) is 0.482. The van der Waals surface area contributed by atoms with Crippen LogP contribution in [-0.2, 0) is 4.79 Å². The van der Waals surface area contributed by atoms with E-state index in [2.05, 4.69) is 6.58 Å². The zero-order valence-electron chi connectivity index (χ0n) is 5.58. The second-order valence-corrected chi connectivity index (χ2v) is 2.05. The first-order chi connectivity index (χ1) is 4.56. The number of primary amides is 1. The van der Waals surface area contributed by atoms with Crippen LogP contribution in [0.15, 0.2) is 12.7 Å². The van der Waals surface area contributed by atoms with Crippen LogP contribution in [0.2, 0.25) is 0 Å². The van der Waals surface area contributed by atoms with E-state index >= 15 is 0 Å². The highest BCUT2D eigenvalue weighted by Gasteiger charge is 2.31. The van der Waals surface area contributed by atoms with Crippen molar-refractivity contribution in [1.82, 2.24) is 0 Å². The molecule has 10 heavy (non-hydrogen) atoms. The van der Waals surface area contributed by atoms with Crippen LogP contribution >= 0.6 is 0 Å². The lowest BCUT2D eigenvalue weighted by atomic mass is 10.0. The van der Waals surface area contributed by atoms with Crippen LogP contribution in [0.4, 0.5) is 0 Å². The minimum Gasteiger partial charge on any atom is -0.393 e. The molecule has 0 bridgehead atoms. The van der Waals surface area contributed by atoms with Crippen molar-refractivity contribution < 1.29 is 15.0 Å². The normalized spacial score (nSPS) is 15.8. The number of rotatable bonds is 4. The Balaban J connectivity index is 4.21. The number of hydrogen-bond donors (Lipinski definition) is 3. The summed E-state index contributed by atoms with van der Waals surface area (Å²) in [6, 6.07) is 0. The van der Waals surface area contributed by atoms with Crippen LogP contribution in [0, 0.1) is 0 Å². The first kappa shape index (κ1) is 9.13. The molecule has 0 aromatic carbocycles. The van der Waals surface area contributed by atoms with E-state index in [1.165, 1.54) is 6.08 Å². The highest BCUT2D eigenvalue weighted by atomic mass is 16.3. The lowest BCUT2D eigenvalue weighted by molar-refractivity contribution is -0.139. The summed E-state index contributed by atoms with van der Waals surface area (Å²) < 4.78 is 0. The van der Waals surface area contributed by atoms with Gasteiger partial charge in [-0.15, -0.1) is 6.58 Å². The molecule has 0 spiro atoms. The topological polar surface area (TPSA) is 83.6 Å². The van der Waals surface area contributed by atoms with Crippen LogP contribution in [0.5, 0.6) is 0 Å². The molecule has 1 unspecified atom stereocenters. The van der Waals surface area contributed by atoms with Gasteiger partial charge in [0, 0.05) is 6.42 Å². The van der Waals surface area contributed by atoms with Gasteiger partial charge in [-0.25, -0.2) is 0 Å². The van der Waals surface area contributed by atoms with Crippen LogP contribution in [0.1, 0.15) is 6.42 Å². The van der Waals surface area contributed by atoms with Crippen molar-refractivity contribution in [1.29, 1.82) is 0 Å². The van der Waals surface area contributed by atoms with E-state index in [0.29, 0.717) is 0 Å². The molecule has 4 heteroatoms. The summed E-state index contributed by atoms with van der Waals surface area (Å²) >= 11 is 0. The van der Waals surface area contributed by atoms with Crippen molar-refractivity contribution in [2.45, 2.75) is 12.0 Å². The van der Waals surface area contributed by atoms with Crippen LogP contribution < -0.4 is 5.73 Å². The molecule has 4 nitrogen and oxygen atoms in total. The Kier molecular flexibility index (Phi) is 3.05. The van der Waals surface area contributed by atoms with Crippen molar-refractivity contribution in [2.24, 2.45) is 5.73 Å². The van der Waals surface area contributed by atoms with Gasteiger partial charge in [0.1, 0.15) is 0 Å². The number of amides is 1. The highest BCUT2D eigenvalue weighted by Crippen LogP contribution is 2.07. The van der Waals surface area contributed by atoms with Crippen LogP contribution in [0.3, 0.4) is 0 Å². The van der Waals surface area contributed by atoms with Gasteiger partial charge in [-0.05, 0) is 0 Å². The van der Waals surface area contributed by atoms with E-state index in [0.717, 1.165) is 0 Å². The van der Waals surface area contributed by atoms with E-state index in [9.17, 15) is 4.79 Å². The molecule has 0 aliphatic carbocycles. The van der Waals surface area contributed by atoms with Gasteiger partial charge >= 0.3 is 0 Å². The van der Waals surface area contributed by atoms with E-state index < -0.39 is 18.1 Å². The Morgan fingerprint density at radius 2 is 2.30 bits per heavy atom. The molecule has 0 aromatic rings. The average Bonchev–Trinajstić information content (AvgIpc) is 1.88. The zero-order chi connectivity index (χ0) is 8.20. The standard InChI is InChI=1S/C6H11NO3/c1-2-3-6(10,4-8)5(7)9/h2,8,10H,1,3-4H2,(H2,7,9). The van der Waals surface area contributed by atoms with Gasteiger partial charge in [0.15, 0.2) is 5.60 Å². The monoisotopic (exact) mass is 145 g/mol. The van der Waals surface area contributed by atoms with E-state index in [1.54, 1.807) is 0 Å². The minimum absolute atomic E-state index is 0.0289. The summed E-state index contributed by atoms with van der Waals surface area (Å²) in [5, 5.41) is 17.6. The molecule has 0 fully saturated rings. The lowest BCUT2D eigenvalue weighted by Gasteiger charge is -2.19. The maximum absolute atomic E-state index is 10.4. The maximum Gasteiger partial charge on any atom is 0.252 e. The molecule has 0 saturated carbocycles. The maximum atomic E-state index is 10.4. The summed E-state index contributed by atoms with van der Waals surface area (Å²) in [5.41, 5.74) is 2.94. The molecule has 0 saturated heterocycles. The smallest absolute Gasteiger partial charge is 0.252 e. The third-order valence-corrected chi connectivity index (χ3v) is 1.20. The van der Waals surface area contributed by atoms with Gasteiger partial charge in [-0.3, -0.25) is 4.79 Å². The van der Waals surface area contributed by atoms with Crippen LogP contribution in [0.25, 0.3) is 0 Å². The number of carbonyl (C=O) groups is 1. The molecule has 0 rings (SSSR count). The Hall–Kier alpha value is -0.870. The molecular formula is C6H11NO3. The molecule has 0 aliphatic heterocycles. The van der Waals surface area contributed by atoms with E-state index in [4.69, 9.17) is 15.9 Å². The predicted molar refractivity (Wildman–Crippen MR) is 36.0 cm³/mol. The van der Waals surface area contributed by atoms with Gasteiger partial charge in [0.25, 0.3) is 5.91 Å². The second kappa shape index (κ2) is 3.34. The van der Waals surface area contributed by atoms with Gasteiger partial charge in [0.05, 0.1) is 6.61 Å². The fraction of sp³-hybridized carbons (Fsp3) is 0.500. The van der Waals surface area contributed by atoms with Crippen molar-refractivity contribution in [3.63, 3.8) is 0 Å². The Morgan fingerprint density at radius 1 is 1.80 bits per heavy atom. The molecule has 0 heterocycles. The Morgan fingerprint density at radius 3 is 2.40 bits per heavy atom. The van der Waals surface area contributed by atoms with E-state index in [1.807, 2.05) is 0 Å². The molecule has 58 valence electrons. The third-order valence-electron chi connectivity index (χ3n) is 1.20. The number of hydrogen-bond acceptors (Lipinski definition) is 3. The largest absolute Gasteiger partial charge is 0.393 e. The molecule has 1 amide bonds. The predicted octanol–water partition coefficient (Wildman–Crippen LogP) is -1.23. The quantitative estimate of drug-likeness (QED) is 0.433. The molecule has 4 N–H and O–H groups in total. The summed E-state index contributed by atoms with van der Waals surface area (Å²) in [4.78, 5) is 10.4. The molecular weight excluding hydrogens is 134 g/mol. The van der Waals surface area contributed by atoms with Crippen molar-refractivity contribution in [2.75, 3.05) is 6.61 Å².